The minimum atomic E-state index is -3.13. The van der Waals surface area contributed by atoms with E-state index in [0.29, 0.717) is 25.2 Å². The number of alkyl halides is 1. The lowest BCUT2D eigenvalue weighted by molar-refractivity contribution is 0.211. The summed E-state index contributed by atoms with van der Waals surface area (Å²) in [6, 6.07) is 7.12. The van der Waals surface area contributed by atoms with Gasteiger partial charge in [0.2, 0.25) is 10.0 Å². The molecule has 1 aromatic carbocycles. The predicted molar refractivity (Wildman–Crippen MR) is 77.4 cm³/mol. The van der Waals surface area contributed by atoms with Crippen molar-refractivity contribution in [3.8, 4) is 0 Å². The Kier molecular flexibility index (Phi) is 4.54. The van der Waals surface area contributed by atoms with Crippen molar-refractivity contribution in [3.05, 3.63) is 24.3 Å². The smallest absolute Gasteiger partial charge is 0.235 e. The van der Waals surface area contributed by atoms with E-state index in [1.54, 1.807) is 24.3 Å². The Bertz CT molecular complexity index is 518. The number of benzene rings is 1. The SMILES string of the molecule is O=S1(=O)CCCN1c1ccc(NCC(O)CCl)cc1. The Labute approximate surface area is 118 Å². The number of halogens is 1. The number of nitrogens with zero attached hydrogens (tertiary/aromatic N) is 1. The number of hydrogen-bond donors (Lipinski definition) is 2. The first-order valence-corrected chi connectivity index (χ1v) is 8.25. The second kappa shape index (κ2) is 5.98. The van der Waals surface area contributed by atoms with Crippen molar-refractivity contribution in [3.63, 3.8) is 0 Å². The maximum atomic E-state index is 11.8. The van der Waals surface area contributed by atoms with Gasteiger partial charge in [-0.2, -0.15) is 0 Å². The molecule has 7 heteroatoms. The summed E-state index contributed by atoms with van der Waals surface area (Å²) in [4.78, 5) is 0. The van der Waals surface area contributed by atoms with Crippen LogP contribution in [0.25, 0.3) is 0 Å². The predicted octanol–water partition coefficient (Wildman–Crippen LogP) is 1.24. The van der Waals surface area contributed by atoms with E-state index in [9.17, 15) is 13.5 Å². The third-order valence-corrected chi connectivity index (χ3v) is 5.20. The molecule has 1 fully saturated rings. The zero-order chi connectivity index (χ0) is 13.9. The van der Waals surface area contributed by atoms with Crippen LogP contribution in [0.2, 0.25) is 0 Å². The van der Waals surface area contributed by atoms with Crippen LogP contribution < -0.4 is 9.62 Å². The summed E-state index contributed by atoms with van der Waals surface area (Å²) < 4.78 is 25.0. The number of aliphatic hydroxyl groups is 1. The van der Waals surface area contributed by atoms with Crippen molar-refractivity contribution in [2.75, 3.05) is 34.3 Å². The summed E-state index contributed by atoms with van der Waals surface area (Å²) in [5.41, 5.74) is 1.51. The molecule has 1 aliphatic rings. The molecular weight excluding hydrogens is 288 g/mol. The van der Waals surface area contributed by atoms with Gasteiger partial charge in [-0.05, 0) is 30.7 Å². The van der Waals surface area contributed by atoms with E-state index in [1.807, 2.05) is 0 Å². The van der Waals surface area contributed by atoms with E-state index < -0.39 is 16.1 Å². The Hall–Kier alpha value is -0.980. The van der Waals surface area contributed by atoms with Crippen LogP contribution in [0.3, 0.4) is 0 Å². The Morgan fingerprint density at radius 2 is 2.05 bits per heavy atom. The maximum absolute atomic E-state index is 11.8. The average molecular weight is 305 g/mol. The molecule has 106 valence electrons. The minimum Gasteiger partial charge on any atom is -0.390 e. The Balaban J connectivity index is 2.02. The minimum absolute atomic E-state index is 0.178. The summed E-state index contributed by atoms with van der Waals surface area (Å²) in [7, 11) is -3.13. The number of nitrogens with one attached hydrogen (secondary N) is 1. The van der Waals surface area contributed by atoms with E-state index in [-0.39, 0.29) is 11.6 Å². The van der Waals surface area contributed by atoms with Crippen LogP contribution in [0.15, 0.2) is 24.3 Å². The third-order valence-electron chi connectivity index (χ3n) is 2.97. The van der Waals surface area contributed by atoms with Crippen LogP contribution in [-0.2, 0) is 10.0 Å². The maximum Gasteiger partial charge on any atom is 0.235 e. The van der Waals surface area contributed by atoms with Gasteiger partial charge in [0.25, 0.3) is 0 Å². The van der Waals surface area contributed by atoms with E-state index in [2.05, 4.69) is 5.32 Å². The van der Waals surface area contributed by atoms with Crippen LogP contribution in [0.4, 0.5) is 11.4 Å². The summed E-state index contributed by atoms with van der Waals surface area (Å²) >= 11 is 5.50. The van der Waals surface area contributed by atoms with Crippen LogP contribution in [-0.4, -0.2) is 44.4 Å². The molecule has 0 amide bonds. The van der Waals surface area contributed by atoms with Gasteiger partial charge in [-0.25, -0.2) is 8.42 Å². The van der Waals surface area contributed by atoms with Gasteiger partial charge < -0.3 is 10.4 Å². The molecule has 1 aromatic rings. The van der Waals surface area contributed by atoms with Gasteiger partial charge in [0, 0.05) is 18.8 Å². The third kappa shape index (κ3) is 3.52. The molecule has 0 saturated carbocycles. The van der Waals surface area contributed by atoms with Crippen molar-refractivity contribution < 1.29 is 13.5 Å². The molecule has 1 unspecified atom stereocenters. The number of rotatable bonds is 5. The monoisotopic (exact) mass is 304 g/mol. The quantitative estimate of drug-likeness (QED) is 0.803. The molecule has 0 radical (unpaired) electrons. The highest BCUT2D eigenvalue weighted by atomic mass is 35.5. The van der Waals surface area contributed by atoms with Crippen LogP contribution in [0, 0.1) is 0 Å². The zero-order valence-electron chi connectivity index (χ0n) is 10.4. The molecule has 1 heterocycles. The topological polar surface area (TPSA) is 69.6 Å². The normalized spacial score (nSPS) is 19.4. The lowest BCUT2D eigenvalue weighted by Crippen LogP contribution is -2.25. The second-order valence-corrected chi connectivity index (χ2v) is 6.80. The summed E-state index contributed by atoms with van der Waals surface area (Å²) in [6.45, 7) is 0.908. The van der Waals surface area contributed by atoms with Crippen LogP contribution in [0.1, 0.15) is 6.42 Å². The van der Waals surface area contributed by atoms with Crippen molar-refractivity contribution in [2.24, 2.45) is 0 Å². The highest BCUT2D eigenvalue weighted by molar-refractivity contribution is 7.93. The largest absolute Gasteiger partial charge is 0.390 e. The van der Waals surface area contributed by atoms with E-state index in [1.165, 1.54) is 4.31 Å². The van der Waals surface area contributed by atoms with Gasteiger partial charge in [-0.3, -0.25) is 4.31 Å². The van der Waals surface area contributed by atoms with Crippen molar-refractivity contribution >= 4 is 33.0 Å². The molecular formula is C12H17ClN2O3S. The molecule has 0 aliphatic carbocycles. The first-order valence-electron chi connectivity index (χ1n) is 6.11. The van der Waals surface area contributed by atoms with Gasteiger partial charge >= 0.3 is 0 Å². The molecule has 2 N–H and O–H groups in total. The van der Waals surface area contributed by atoms with Gasteiger partial charge in [0.1, 0.15) is 0 Å². The molecule has 1 aliphatic heterocycles. The fourth-order valence-corrected chi connectivity index (χ4v) is 3.64. The Morgan fingerprint density at radius 1 is 1.37 bits per heavy atom. The molecule has 1 saturated heterocycles. The van der Waals surface area contributed by atoms with Crippen LogP contribution >= 0.6 is 11.6 Å². The molecule has 0 spiro atoms. The molecule has 1 atom stereocenters. The van der Waals surface area contributed by atoms with E-state index >= 15 is 0 Å². The lowest BCUT2D eigenvalue weighted by atomic mass is 10.2. The first-order chi connectivity index (χ1) is 9.03. The van der Waals surface area contributed by atoms with E-state index in [0.717, 1.165) is 5.69 Å². The standard InChI is InChI=1S/C12H17ClN2O3S/c13-8-12(16)9-14-10-2-4-11(5-3-10)15-6-1-7-19(15,17)18/h2-5,12,14,16H,1,6-9H2. The second-order valence-electron chi connectivity index (χ2n) is 4.48. The summed E-state index contributed by atoms with van der Waals surface area (Å²) in [5, 5.41) is 12.4. The molecule has 0 bridgehead atoms. The fraction of sp³-hybridized carbons (Fsp3) is 0.500. The first kappa shape index (κ1) is 14.4. The van der Waals surface area contributed by atoms with Gasteiger partial charge in [-0.15, -0.1) is 11.6 Å². The van der Waals surface area contributed by atoms with Crippen LogP contribution in [0.5, 0.6) is 0 Å². The van der Waals surface area contributed by atoms with Gasteiger partial charge in [0.15, 0.2) is 0 Å². The molecule has 5 nitrogen and oxygen atoms in total. The van der Waals surface area contributed by atoms with E-state index in [4.69, 9.17) is 11.6 Å². The number of sulfonamides is 1. The number of anilines is 2. The molecule has 2 rings (SSSR count). The van der Waals surface area contributed by atoms with Crippen molar-refractivity contribution in [1.82, 2.24) is 0 Å². The number of hydrogen-bond acceptors (Lipinski definition) is 4. The molecule has 0 aromatic heterocycles. The Morgan fingerprint density at radius 3 is 2.58 bits per heavy atom. The highest BCUT2D eigenvalue weighted by Gasteiger charge is 2.28. The highest BCUT2D eigenvalue weighted by Crippen LogP contribution is 2.25. The molecule has 19 heavy (non-hydrogen) atoms. The van der Waals surface area contributed by atoms with Gasteiger partial charge in [-0.1, -0.05) is 0 Å². The summed E-state index contributed by atoms with van der Waals surface area (Å²) in [6.07, 6.45) is 0.0739. The van der Waals surface area contributed by atoms with Gasteiger partial charge in [0.05, 0.1) is 23.4 Å². The number of aliphatic hydroxyl groups excluding tert-OH is 1. The zero-order valence-corrected chi connectivity index (χ0v) is 12.0. The van der Waals surface area contributed by atoms with Crippen molar-refractivity contribution in [1.29, 1.82) is 0 Å². The lowest BCUT2D eigenvalue weighted by Gasteiger charge is -2.17. The van der Waals surface area contributed by atoms with Crippen molar-refractivity contribution in [2.45, 2.75) is 12.5 Å². The average Bonchev–Trinajstić information content (AvgIpc) is 2.76. The summed E-state index contributed by atoms with van der Waals surface area (Å²) in [5.74, 6) is 0.395. The fourth-order valence-electron chi connectivity index (χ4n) is 1.97.